The second kappa shape index (κ2) is 6.06. The van der Waals surface area contributed by atoms with Crippen LogP contribution in [-0.2, 0) is 5.60 Å². The van der Waals surface area contributed by atoms with Crippen LogP contribution in [0, 0.1) is 5.92 Å². The third-order valence-corrected chi connectivity index (χ3v) is 5.74. The first-order valence-corrected chi connectivity index (χ1v) is 8.78. The van der Waals surface area contributed by atoms with Gasteiger partial charge in [0.2, 0.25) is 0 Å². The molecule has 2 aromatic rings. The Morgan fingerprint density at radius 1 is 1.21 bits per heavy atom. The van der Waals surface area contributed by atoms with E-state index in [4.69, 9.17) is 0 Å². The van der Waals surface area contributed by atoms with E-state index >= 15 is 0 Å². The minimum absolute atomic E-state index is 0.000452. The number of nitrogens with zero attached hydrogens (tertiary/aromatic N) is 2. The van der Waals surface area contributed by atoms with Crippen molar-refractivity contribution in [1.82, 2.24) is 15.1 Å². The summed E-state index contributed by atoms with van der Waals surface area (Å²) < 4.78 is 0. The molecule has 5 nitrogen and oxygen atoms in total. The number of nitrogens with one attached hydrogen (secondary N) is 1. The summed E-state index contributed by atoms with van der Waals surface area (Å²) in [5, 5.41) is 18.2. The van der Waals surface area contributed by atoms with Crippen molar-refractivity contribution in [1.29, 1.82) is 0 Å². The quantitative estimate of drug-likeness (QED) is 0.892. The van der Waals surface area contributed by atoms with Crippen LogP contribution in [0.5, 0.6) is 0 Å². The highest BCUT2D eigenvalue weighted by atomic mass is 16.3. The summed E-state index contributed by atoms with van der Waals surface area (Å²) >= 11 is 0. The van der Waals surface area contributed by atoms with E-state index in [-0.39, 0.29) is 17.9 Å². The number of aromatic nitrogens is 2. The van der Waals surface area contributed by atoms with Crippen LogP contribution < -0.4 is 0 Å². The van der Waals surface area contributed by atoms with Gasteiger partial charge in [-0.25, -0.2) is 0 Å². The molecule has 2 heterocycles. The van der Waals surface area contributed by atoms with Gasteiger partial charge in [0.25, 0.3) is 5.91 Å². The van der Waals surface area contributed by atoms with Gasteiger partial charge in [-0.2, -0.15) is 5.10 Å². The summed E-state index contributed by atoms with van der Waals surface area (Å²) in [5.74, 6) is 0.0915. The van der Waals surface area contributed by atoms with Gasteiger partial charge < -0.3 is 10.0 Å². The molecular formula is C19H23N3O2. The number of piperidine rings is 1. The number of aliphatic hydroxyl groups is 1. The van der Waals surface area contributed by atoms with Gasteiger partial charge in [-0.1, -0.05) is 43.2 Å². The van der Waals surface area contributed by atoms with Crippen LogP contribution >= 0.6 is 0 Å². The average molecular weight is 325 g/mol. The maximum atomic E-state index is 12.8. The molecule has 1 aromatic carbocycles. The largest absolute Gasteiger partial charge is 0.385 e. The van der Waals surface area contributed by atoms with E-state index in [1.165, 1.54) is 0 Å². The van der Waals surface area contributed by atoms with Crippen LogP contribution in [0.3, 0.4) is 0 Å². The molecule has 0 spiro atoms. The summed E-state index contributed by atoms with van der Waals surface area (Å²) in [4.78, 5) is 14.8. The zero-order chi connectivity index (χ0) is 16.6. The van der Waals surface area contributed by atoms with Crippen LogP contribution in [0.2, 0.25) is 0 Å². The van der Waals surface area contributed by atoms with E-state index in [2.05, 4.69) is 10.2 Å². The van der Waals surface area contributed by atoms with Crippen LogP contribution in [-0.4, -0.2) is 38.7 Å². The fourth-order valence-electron chi connectivity index (χ4n) is 4.55. The number of H-pyrrole nitrogens is 1. The van der Waals surface area contributed by atoms with E-state index in [0.29, 0.717) is 18.7 Å². The van der Waals surface area contributed by atoms with Crippen molar-refractivity contribution < 1.29 is 9.90 Å². The lowest BCUT2D eigenvalue weighted by molar-refractivity contribution is -0.110. The first kappa shape index (κ1) is 15.4. The Balaban J connectivity index is 1.66. The Hall–Kier alpha value is -2.14. The molecule has 1 amide bonds. The number of hydrogen-bond donors (Lipinski definition) is 2. The molecule has 1 aliphatic carbocycles. The highest BCUT2D eigenvalue weighted by Gasteiger charge is 2.50. The lowest BCUT2D eigenvalue weighted by atomic mass is 9.66. The minimum atomic E-state index is -0.836. The smallest absolute Gasteiger partial charge is 0.272 e. The number of carbonyl (C=O) groups is 1. The second-order valence-corrected chi connectivity index (χ2v) is 6.97. The predicted molar refractivity (Wildman–Crippen MR) is 90.3 cm³/mol. The molecular weight excluding hydrogens is 302 g/mol. The average Bonchev–Trinajstić information content (AvgIpc) is 3.17. The van der Waals surface area contributed by atoms with Crippen molar-refractivity contribution >= 4 is 5.91 Å². The zero-order valence-corrected chi connectivity index (χ0v) is 13.7. The van der Waals surface area contributed by atoms with Gasteiger partial charge in [0, 0.05) is 24.7 Å². The molecule has 0 radical (unpaired) electrons. The molecule has 0 bridgehead atoms. The first-order valence-electron chi connectivity index (χ1n) is 8.78. The van der Waals surface area contributed by atoms with Gasteiger partial charge in [-0.15, -0.1) is 0 Å². The summed E-state index contributed by atoms with van der Waals surface area (Å²) in [6.07, 6.45) is 6.33. The van der Waals surface area contributed by atoms with Crippen LogP contribution in [0.4, 0.5) is 0 Å². The molecule has 2 aliphatic rings. The van der Waals surface area contributed by atoms with Gasteiger partial charge in [-0.3, -0.25) is 9.89 Å². The van der Waals surface area contributed by atoms with Gasteiger partial charge in [0.1, 0.15) is 5.69 Å². The van der Waals surface area contributed by atoms with E-state index < -0.39 is 5.60 Å². The Morgan fingerprint density at radius 3 is 2.75 bits per heavy atom. The maximum absolute atomic E-state index is 12.8. The number of likely N-dealkylation sites (tertiary alicyclic amines) is 1. The van der Waals surface area contributed by atoms with E-state index in [9.17, 15) is 9.90 Å². The number of hydrogen-bond acceptors (Lipinski definition) is 3. The van der Waals surface area contributed by atoms with Crippen molar-refractivity contribution in [3.63, 3.8) is 0 Å². The van der Waals surface area contributed by atoms with Gasteiger partial charge in [0.15, 0.2) is 0 Å². The minimum Gasteiger partial charge on any atom is -0.385 e. The maximum Gasteiger partial charge on any atom is 0.272 e. The molecule has 3 atom stereocenters. The molecule has 3 unspecified atom stereocenters. The molecule has 1 saturated carbocycles. The molecule has 2 N–H and O–H groups in total. The molecule has 1 saturated heterocycles. The number of fused-ring (bicyclic) bond motifs is 1. The normalized spacial score (nSPS) is 30.0. The highest BCUT2D eigenvalue weighted by Crippen LogP contribution is 2.47. The lowest BCUT2D eigenvalue weighted by Crippen LogP contribution is -2.59. The number of rotatable bonds is 2. The summed E-state index contributed by atoms with van der Waals surface area (Å²) in [6.45, 7) is 0.574. The summed E-state index contributed by atoms with van der Waals surface area (Å²) in [6, 6.07) is 11.8. The van der Waals surface area contributed by atoms with Gasteiger partial charge in [0.05, 0.1) is 5.60 Å². The van der Waals surface area contributed by atoms with E-state index in [1.807, 2.05) is 35.2 Å². The summed E-state index contributed by atoms with van der Waals surface area (Å²) in [7, 11) is 0. The fraction of sp³-hybridized carbons (Fsp3) is 0.474. The first-order chi connectivity index (χ1) is 11.7. The molecule has 4 rings (SSSR count). The molecule has 2 fully saturated rings. The monoisotopic (exact) mass is 325 g/mol. The standard InChI is InChI=1S/C19H23N3O2/c23-18(16-10-12-20-21-16)22-13-11-19(24,14-6-2-1-3-7-14)15-8-4-5-9-17(15)22/h1-3,6-7,10,12,15,17,24H,4-5,8-9,11,13H2,(H,20,21). The van der Waals surface area contributed by atoms with Crippen molar-refractivity contribution in [3.8, 4) is 0 Å². The number of carbonyl (C=O) groups excluding carboxylic acids is 1. The topological polar surface area (TPSA) is 69.2 Å². The van der Waals surface area contributed by atoms with Crippen molar-refractivity contribution in [3.05, 3.63) is 53.9 Å². The van der Waals surface area contributed by atoms with Crippen LogP contribution in [0.15, 0.2) is 42.6 Å². The Morgan fingerprint density at radius 2 is 2.00 bits per heavy atom. The second-order valence-electron chi connectivity index (χ2n) is 6.97. The van der Waals surface area contributed by atoms with Gasteiger partial charge in [-0.05, 0) is 30.9 Å². The summed E-state index contributed by atoms with van der Waals surface area (Å²) in [5.41, 5.74) is 0.678. The van der Waals surface area contributed by atoms with Gasteiger partial charge >= 0.3 is 0 Å². The Kier molecular flexibility index (Phi) is 3.88. The predicted octanol–water partition coefficient (Wildman–Crippen LogP) is 2.70. The van der Waals surface area contributed by atoms with Crippen molar-refractivity contribution in [2.45, 2.75) is 43.7 Å². The molecule has 1 aromatic heterocycles. The molecule has 126 valence electrons. The number of aromatic amines is 1. The highest BCUT2D eigenvalue weighted by molar-refractivity contribution is 5.92. The van der Waals surface area contributed by atoms with E-state index in [0.717, 1.165) is 31.2 Å². The lowest BCUT2D eigenvalue weighted by Gasteiger charge is -2.52. The molecule has 5 heteroatoms. The molecule has 1 aliphatic heterocycles. The third kappa shape index (κ3) is 2.44. The van der Waals surface area contributed by atoms with Crippen LogP contribution in [0.25, 0.3) is 0 Å². The Bertz CT molecular complexity index is 701. The SMILES string of the molecule is O=C(c1ccn[nH]1)N1CCC(O)(c2ccccc2)C2CCCCC21. The third-order valence-electron chi connectivity index (χ3n) is 5.74. The molecule has 24 heavy (non-hydrogen) atoms. The van der Waals surface area contributed by atoms with E-state index in [1.54, 1.807) is 12.3 Å². The number of benzene rings is 1. The van der Waals surface area contributed by atoms with Crippen LogP contribution in [0.1, 0.15) is 48.2 Å². The van der Waals surface area contributed by atoms with Crippen molar-refractivity contribution in [2.24, 2.45) is 5.92 Å². The van der Waals surface area contributed by atoms with Crippen molar-refractivity contribution in [2.75, 3.05) is 6.54 Å². The number of amides is 1. The zero-order valence-electron chi connectivity index (χ0n) is 13.7. The fourth-order valence-corrected chi connectivity index (χ4v) is 4.55. The Labute approximate surface area is 141 Å².